The number of ether oxygens (including phenoxy) is 1. The van der Waals surface area contributed by atoms with E-state index in [4.69, 9.17) is 16.3 Å². The van der Waals surface area contributed by atoms with Crippen LogP contribution in [-0.2, 0) is 0 Å². The van der Waals surface area contributed by atoms with Gasteiger partial charge in [0.25, 0.3) is 0 Å². The van der Waals surface area contributed by atoms with Crippen LogP contribution < -0.4 is 4.74 Å². The van der Waals surface area contributed by atoms with Gasteiger partial charge < -0.3 is 4.74 Å². The normalized spacial score (nSPS) is 15.3. The number of hydrogen-bond donors (Lipinski definition) is 0. The molecule has 0 bridgehead atoms. The first kappa shape index (κ1) is 16.5. The Morgan fingerprint density at radius 1 is 1.19 bits per heavy atom. The van der Waals surface area contributed by atoms with Crippen molar-refractivity contribution in [2.75, 3.05) is 13.2 Å². The fraction of sp³-hybridized carbons (Fsp3) is 0.750. The minimum absolute atomic E-state index is 0.480. The molecule has 0 atom stereocenters. The Morgan fingerprint density at radius 2 is 1.81 bits per heavy atom. The summed E-state index contributed by atoms with van der Waals surface area (Å²) >= 11 is 6.19. The molecular weight excluding hydrogens is 286 g/mol. The monoisotopic (exact) mass is 311 g/mol. The highest BCUT2D eigenvalue weighted by Gasteiger charge is 2.28. The quantitative estimate of drug-likeness (QED) is 0.718. The number of aromatic nitrogens is 2. The molecule has 1 saturated carbocycles. The number of hydrogen-bond acceptors (Lipinski definition) is 4. The summed E-state index contributed by atoms with van der Waals surface area (Å²) in [5, 5.41) is 0.520. The van der Waals surface area contributed by atoms with Crippen molar-refractivity contribution in [2.45, 2.75) is 65.5 Å². The van der Waals surface area contributed by atoms with Crippen molar-refractivity contribution < 1.29 is 4.74 Å². The smallest absolute Gasteiger partial charge is 0.221 e. The van der Waals surface area contributed by atoms with E-state index in [0.717, 1.165) is 30.8 Å². The van der Waals surface area contributed by atoms with Crippen molar-refractivity contribution in [3.05, 3.63) is 16.5 Å². The van der Waals surface area contributed by atoms with E-state index in [1.807, 2.05) is 6.92 Å². The molecule has 2 rings (SSSR count). The zero-order chi connectivity index (χ0) is 15.6. The Morgan fingerprint density at radius 3 is 2.33 bits per heavy atom. The second-order valence-electron chi connectivity index (χ2n) is 6.35. The highest BCUT2D eigenvalue weighted by Crippen LogP contribution is 2.39. The molecule has 0 saturated heterocycles. The third-order valence-corrected chi connectivity index (χ3v) is 4.28. The predicted molar refractivity (Wildman–Crippen MR) is 86.2 cm³/mol. The van der Waals surface area contributed by atoms with E-state index in [-0.39, 0.29) is 0 Å². The fourth-order valence-electron chi connectivity index (χ4n) is 2.51. The summed E-state index contributed by atoms with van der Waals surface area (Å²) in [6, 6.07) is 1.01. The SMILES string of the molecule is Cc1c(Cl)nc(C2CC2)nc1OCCN(C(C)C)C(C)C. The van der Waals surface area contributed by atoms with Crippen molar-refractivity contribution in [3.8, 4) is 5.88 Å². The van der Waals surface area contributed by atoms with Crippen molar-refractivity contribution in [1.82, 2.24) is 14.9 Å². The predicted octanol–water partition coefficient (Wildman–Crippen LogP) is 3.81. The standard InChI is InChI=1S/C16H26ClN3O/c1-10(2)20(11(3)4)8-9-21-16-12(5)14(17)18-15(19-16)13-6-7-13/h10-11,13H,6-9H2,1-5H3. The maximum Gasteiger partial charge on any atom is 0.221 e. The molecule has 1 aliphatic carbocycles. The number of nitrogens with zero attached hydrogens (tertiary/aromatic N) is 3. The molecule has 21 heavy (non-hydrogen) atoms. The van der Waals surface area contributed by atoms with Gasteiger partial charge in [0.2, 0.25) is 5.88 Å². The molecule has 1 heterocycles. The summed E-state index contributed by atoms with van der Waals surface area (Å²) in [7, 11) is 0. The van der Waals surface area contributed by atoms with Gasteiger partial charge in [0.1, 0.15) is 17.6 Å². The molecule has 5 heteroatoms. The van der Waals surface area contributed by atoms with Gasteiger partial charge in [-0.1, -0.05) is 11.6 Å². The van der Waals surface area contributed by atoms with Crippen LogP contribution in [0.4, 0.5) is 0 Å². The zero-order valence-corrected chi connectivity index (χ0v) is 14.4. The van der Waals surface area contributed by atoms with E-state index in [1.54, 1.807) is 0 Å². The summed E-state index contributed by atoms with van der Waals surface area (Å²) in [4.78, 5) is 11.3. The first-order valence-corrected chi connectivity index (χ1v) is 8.20. The molecule has 1 aromatic rings. The van der Waals surface area contributed by atoms with Crippen LogP contribution in [0.3, 0.4) is 0 Å². The summed E-state index contributed by atoms with van der Waals surface area (Å²) < 4.78 is 5.89. The average molecular weight is 312 g/mol. The maximum atomic E-state index is 6.19. The van der Waals surface area contributed by atoms with Gasteiger partial charge in [-0.05, 0) is 47.5 Å². The Labute approximate surface area is 132 Å². The molecule has 0 radical (unpaired) electrons. The Kier molecular flexibility index (Phi) is 5.44. The van der Waals surface area contributed by atoms with Crippen LogP contribution >= 0.6 is 11.6 Å². The average Bonchev–Trinajstić information content (AvgIpc) is 3.22. The summed E-state index contributed by atoms with van der Waals surface area (Å²) in [6.45, 7) is 12.2. The molecule has 1 aliphatic rings. The molecule has 0 aliphatic heterocycles. The van der Waals surface area contributed by atoms with E-state index in [9.17, 15) is 0 Å². The largest absolute Gasteiger partial charge is 0.476 e. The molecule has 0 spiro atoms. The first-order chi connectivity index (χ1) is 9.90. The van der Waals surface area contributed by atoms with Gasteiger partial charge in [0.15, 0.2) is 0 Å². The Balaban J connectivity index is 1.99. The van der Waals surface area contributed by atoms with Crippen LogP contribution in [0.1, 0.15) is 57.8 Å². The van der Waals surface area contributed by atoms with E-state index in [1.165, 1.54) is 0 Å². The van der Waals surface area contributed by atoms with Crippen LogP contribution in [-0.4, -0.2) is 40.1 Å². The highest BCUT2D eigenvalue weighted by molar-refractivity contribution is 6.30. The van der Waals surface area contributed by atoms with Crippen molar-refractivity contribution in [3.63, 3.8) is 0 Å². The highest BCUT2D eigenvalue weighted by atomic mass is 35.5. The van der Waals surface area contributed by atoms with Crippen LogP contribution in [0.15, 0.2) is 0 Å². The van der Waals surface area contributed by atoms with Crippen LogP contribution in [0.5, 0.6) is 5.88 Å². The van der Waals surface area contributed by atoms with Crippen molar-refractivity contribution in [2.24, 2.45) is 0 Å². The lowest BCUT2D eigenvalue weighted by Crippen LogP contribution is -2.39. The van der Waals surface area contributed by atoms with Gasteiger partial charge >= 0.3 is 0 Å². The van der Waals surface area contributed by atoms with Crippen LogP contribution in [0.25, 0.3) is 0 Å². The second-order valence-corrected chi connectivity index (χ2v) is 6.71. The number of halogens is 1. The molecule has 0 unspecified atom stereocenters. The van der Waals surface area contributed by atoms with Gasteiger partial charge in [0, 0.05) is 30.1 Å². The zero-order valence-electron chi connectivity index (χ0n) is 13.7. The molecule has 0 amide bonds. The molecule has 118 valence electrons. The lowest BCUT2D eigenvalue weighted by molar-refractivity contribution is 0.139. The third kappa shape index (κ3) is 4.30. The van der Waals surface area contributed by atoms with E-state index >= 15 is 0 Å². The summed E-state index contributed by atoms with van der Waals surface area (Å²) in [5.74, 6) is 1.96. The molecule has 0 aromatic carbocycles. The second kappa shape index (κ2) is 6.93. The maximum absolute atomic E-state index is 6.19. The summed E-state index contributed by atoms with van der Waals surface area (Å²) in [5.41, 5.74) is 0.835. The first-order valence-electron chi connectivity index (χ1n) is 7.82. The number of rotatable bonds is 7. The lowest BCUT2D eigenvalue weighted by atomic mass is 10.2. The van der Waals surface area contributed by atoms with Gasteiger partial charge in [-0.15, -0.1) is 0 Å². The third-order valence-electron chi connectivity index (χ3n) is 3.92. The molecule has 1 fully saturated rings. The molecule has 0 N–H and O–H groups in total. The topological polar surface area (TPSA) is 38.3 Å². The molecule has 1 aromatic heterocycles. The van der Waals surface area contributed by atoms with Gasteiger partial charge in [-0.25, -0.2) is 4.98 Å². The fourth-order valence-corrected chi connectivity index (χ4v) is 2.68. The lowest BCUT2D eigenvalue weighted by Gasteiger charge is -2.30. The van der Waals surface area contributed by atoms with Crippen LogP contribution in [0.2, 0.25) is 5.15 Å². The molecular formula is C16H26ClN3O. The van der Waals surface area contributed by atoms with Crippen molar-refractivity contribution >= 4 is 11.6 Å². The van der Waals surface area contributed by atoms with Crippen molar-refractivity contribution in [1.29, 1.82) is 0 Å². The Hall–Kier alpha value is -0.870. The molecule has 4 nitrogen and oxygen atoms in total. The van der Waals surface area contributed by atoms with Gasteiger partial charge in [-0.3, -0.25) is 4.90 Å². The minimum atomic E-state index is 0.480. The van der Waals surface area contributed by atoms with Gasteiger partial charge in [0.05, 0.1) is 0 Å². The summed E-state index contributed by atoms with van der Waals surface area (Å²) in [6.07, 6.45) is 2.32. The minimum Gasteiger partial charge on any atom is -0.476 e. The van der Waals surface area contributed by atoms with Crippen LogP contribution in [0, 0.1) is 6.92 Å². The van der Waals surface area contributed by atoms with E-state index in [0.29, 0.717) is 35.6 Å². The van der Waals surface area contributed by atoms with E-state index < -0.39 is 0 Å². The Bertz CT molecular complexity index is 479. The van der Waals surface area contributed by atoms with E-state index in [2.05, 4.69) is 42.6 Å². The van der Waals surface area contributed by atoms with Gasteiger partial charge in [-0.2, -0.15) is 4.98 Å².